The highest BCUT2D eigenvalue weighted by atomic mass is 35.5. The van der Waals surface area contributed by atoms with Crippen LogP contribution in [-0.2, 0) is 11.2 Å². The Labute approximate surface area is 116 Å². The summed E-state index contributed by atoms with van der Waals surface area (Å²) in [4.78, 5) is 12.8. The van der Waals surface area contributed by atoms with Crippen LogP contribution >= 0.6 is 11.6 Å². The lowest BCUT2D eigenvalue weighted by atomic mass is 10.1. The third kappa shape index (κ3) is 3.12. The second-order valence-electron chi connectivity index (χ2n) is 3.96. The molecule has 1 amide bonds. The van der Waals surface area contributed by atoms with Crippen LogP contribution in [0.5, 0.6) is 0 Å². The molecule has 0 aliphatic carbocycles. The highest BCUT2D eigenvalue weighted by Crippen LogP contribution is 2.25. The Kier molecular flexibility index (Phi) is 4.17. The summed E-state index contributed by atoms with van der Waals surface area (Å²) in [5.74, 6) is 0. The van der Waals surface area contributed by atoms with Crippen molar-refractivity contribution in [3.8, 4) is 6.07 Å². The van der Waals surface area contributed by atoms with Crippen LogP contribution in [0.1, 0.15) is 5.56 Å². The first kappa shape index (κ1) is 13.1. The van der Waals surface area contributed by atoms with Crippen molar-refractivity contribution in [3.05, 3.63) is 59.1 Å². The maximum absolute atomic E-state index is 11.3. The Balaban J connectivity index is 2.36. The summed E-state index contributed by atoms with van der Waals surface area (Å²) in [5.41, 5.74) is 2.33. The quantitative estimate of drug-likeness (QED) is 0.795. The lowest BCUT2D eigenvalue weighted by Gasteiger charge is -2.18. The minimum Gasteiger partial charge on any atom is -0.284 e. The van der Waals surface area contributed by atoms with Gasteiger partial charge in [0.2, 0.25) is 6.41 Å². The number of nitriles is 1. The van der Waals surface area contributed by atoms with Crippen molar-refractivity contribution in [2.45, 2.75) is 6.42 Å². The third-order valence-corrected chi connectivity index (χ3v) is 2.93. The number of anilines is 2. The number of carbonyl (C=O) groups is 1. The maximum Gasteiger partial charge on any atom is 0.218 e. The van der Waals surface area contributed by atoms with Crippen LogP contribution in [0.15, 0.2) is 48.5 Å². The number of hydrogen-bond donors (Lipinski definition) is 0. The molecule has 0 atom stereocenters. The van der Waals surface area contributed by atoms with Crippen molar-refractivity contribution in [2.24, 2.45) is 0 Å². The first-order chi connectivity index (χ1) is 9.24. The van der Waals surface area contributed by atoms with Crippen LogP contribution in [0.25, 0.3) is 0 Å². The van der Waals surface area contributed by atoms with E-state index < -0.39 is 0 Å². The molecule has 0 bridgehead atoms. The third-order valence-electron chi connectivity index (χ3n) is 2.68. The van der Waals surface area contributed by atoms with Crippen LogP contribution in [0.2, 0.25) is 5.02 Å². The Bertz CT molecular complexity index is 617. The fourth-order valence-electron chi connectivity index (χ4n) is 1.78. The van der Waals surface area contributed by atoms with E-state index in [4.69, 9.17) is 16.9 Å². The van der Waals surface area contributed by atoms with E-state index in [1.165, 1.54) is 4.90 Å². The van der Waals surface area contributed by atoms with Gasteiger partial charge in [-0.2, -0.15) is 5.26 Å². The van der Waals surface area contributed by atoms with Crippen molar-refractivity contribution in [3.63, 3.8) is 0 Å². The van der Waals surface area contributed by atoms with Crippen molar-refractivity contribution < 1.29 is 4.79 Å². The molecule has 2 aromatic carbocycles. The van der Waals surface area contributed by atoms with Gasteiger partial charge in [0.25, 0.3) is 0 Å². The van der Waals surface area contributed by atoms with Gasteiger partial charge < -0.3 is 0 Å². The minimum atomic E-state index is 0.321. The molecule has 0 spiro atoms. The Morgan fingerprint density at radius 2 is 1.89 bits per heavy atom. The second kappa shape index (κ2) is 6.03. The molecule has 3 nitrogen and oxygen atoms in total. The van der Waals surface area contributed by atoms with Crippen LogP contribution in [0, 0.1) is 11.3 Å². The molecule has 94 valence electrons. The van der Waals surface area contributed by atoms with E-state index in [0.29, 0.717) is 11.4 Å². The Morgan fingerprint density at radius 3 is 2.53 bits per heavy atom. The van der Waals surface area contributed by atoms with Crippen LogP contribution in [0.4, 0.5) is 11.4 Å². The number of carbonyl (C=O) groups excluding carboxylic acids is 1. The van der Waals surface area contributed by atoms with Crippen LogP contribution in [0.3, 0.4) is 0 Å². The zero-order valence-electron chi connectivity index (χ0n) is 10.1. The zero-order valence-corrected chi connectivity index (χ0v) is 10.8. The predicted octanol–water partition coefficient (Wildman–Crippen LogP) is 3.70. The summed E-state index contributed by atoms with van der Waals surface area (Å²) in [6, 6.07) is 16.4. The lowest BCUT2D eigenvalue weighted by Crippen LogP contribution is -2.14. The monoisotopic (exact) mass is 270 g/mol. The van der Waals surface area contributed by atoms with E-state index in [1.54, 1.807) is 24.3 Å². The summed E-state index contributed by atoms with van der Waals surface area (Å²) >= 11 is 5.83. The van der Waals surface area contributed by atoms with Crippen LogP contribution in [-0.4, -0.2) is 6.41 Å². The summed E-state index contributed by atoms with van der Waals surface area (Å²) in [7, 11) is 0. The van der Waals surface area contributed by atoms with Gasteiger partial charge in [-0.05, 0) is 42.0 Å². The standard InChI is InChI=1S/C15H11ClN2O/c16-13-4-6-14(7-5-13)18(11-19)15-3-1-2-12(10-15)8-9-17/h1-7,10-11H,8H2. The number of amides is 1. The van der Waals surface area contributed by atoms with Gasteiger partial charge in [-0.1, -0.05) is 23.7 Å². The molecule has 0 radical (unpaired) electrons. The van der Waals surface area contributed by atoms with Crippen molar-refractivity contribution in [1.29, 1.82) is 5.26 Å². The molecule has 2 rings (SSSR count). The molecule has 4 heteroatoms. The molecule has 2 aromatic rings. The fourth-order valence-corrected chi connectivity index (χ4v) is 1.91. The van der Waals surface area contributed by atoms with Crippen molar-refractivity contribution >= 4 is 29.4 Å². The highest BCUT2D eigenvalue weighted by molar-refractivity contribution is 6.30. The van der Waals surface area contributed by atoms with Gasteiger partial charge in [-0.25, -0.2) is 0 Å². The summed E-state index contributed by atoms with van der Waals surface area (Å²) < 4.78 is 0. The van der Waals surface area contributed by atoms with Gasteiger partial charge in [-0.15, -0.1) is 0 Å². The molecule has 0 fully saturated rings. The van der Waals surface area contributed by atoms with E-state index in [1.807, 2.05) is 24.3 Å². The lowest BCUT2D eigenvalue weighted by molar-refractivity contribution is -0.106. The number of halogens is 1. The fraction of sp³-hybridized carbons (Fsp3) is 0.0667. The second-order valence-corrected chi connectivity index (χ2v) is 4.39. The van der Waals surface area contributed by atoms with Crippen molar-refractivity contribution in [1.82, 2.24) is 0 Å². The topological polar surface area (TPSA) is 44.1 Å². The van der Waals surface area contributed by atoms with Crippen molar-refractivity contribution in [2.75, 3.05) is 4.90 Å². The average Bonchev–Trinajstić information content (AvgIpc) is 2.43. The average molecular weight is 271 g/mol. The number of nitrogens with zero attached hydrogens (tertiary/aromatic N) is 2. The molecule has 0 unspecified atom stereocenters. The largest absolute Gasteiger partial charge is 0.284 e. The van der Waals surface area contributed by atoms with Gasteiger partial charge in [0.05, 0.1) is 12.5 Å². The van der Waals surface area contributed by atoms with Gasteiger partial charge >= 0.3 is 0 Å². The minimum absolute atomic E-state index is 0.321. The molecule has 0 aromatic heterocycles. The molecule has 0 N–H and O–H groups in total. The molecule has 0 saturated carbocycles. The number of hydrogen-bond acceptors (Lipinski definition) is 2. The first-order valence-corrected chi connectivity index (χ1v) is 6.08. The number of rotatable bonds is 4. The van der Waals surface area contributed by atoms with E-state index >= 15 is 0 Å². The summed E-state index contributed by atoms with van der Waals surface area (Å²) in [6.45, 7) is 0. The molecule has 0 aliphatic rings. The summed E-state index contributed by atoms with van der Waals surface area (Å²) in [6.07, 6.45) is 1.07. The van der Waals surface area contributed by atoms with Gasteiger partial charge in [0.15, 0.2) is 0 Å². The van der Waals surface area contributed by atoms with Gasteiger partial charge in [0.1, 0.15) is 0 Å². The summed E-state index contributed by atoms with van der Waals surface area (Å²) in [5, 5.41) is 9.32. The SMILES string of the molecule is N#CCc1cccc(N(C=O)c2ccc(Cl)cc2)c1. The maximum atomic E-state index is 11.3. The van der Waals surface area contributed by atoms with E-state index in [-0.39, 0.29) is 0 Å². The molecule has 0 saturated heterocycles. The van der Waals surface area contributed by atoms with Gasteiger partial charge in [-0.3, -0.25) is 9.69 Å². The molecular formula is C15H11ClN2O. The molecule has 0 aliphatic heterocycles. The molecular weight excluding hydrogens is 260 g/mol. The zero-order chi connectivity index (χ0) is 13.7. The van der Waals surface area contributed by atoms with E-state index in [2.05, 4.69) is 6.07 Å². The normalized spacial score (nSPS) is 9.68. The molecule has 19 heavy (non-hydrogen) atoms. The smallest absolute Gasteiger partial charge is 0.218 e. The predicted molar refractivity (Wildman–Crippen MR) is 75.4 cm³/mol. The first-order valence-electron chi connectivity index (χ1n) is 5.70. The molecule has 0 heterocycles. The number of benzene rings is 2. The van der Waals surface area contributed by atoms with Gasteiger partial charge in [0, 0.05) is 16.4 Å². The Hall–Kier alpha value is -2.31. The Morgan fingerprint density at radius 1 is 1.16 bits per heavy atom. The van der Waals surface area contributed by atoms with E-state index in [9.17, 15) is 4.79 Å². The highest BCUT2D eigenvalue weighted by Gasteiger charge is 2.08. The van der Waals surface area contributed by atoms with Crippen LogP contribution < -0.4 is 4.90 Å². The van der Waals surface area contributed by atoms with E-state index in [0.717, 1.165) is 23.3 Å².